The number of piperazine rings is 1. The number of nitrogens with zero attached hydrogens (tertiary/aromatic N) is 4. The number of amides is 2. The number of anilines is 2. The quantitative estimate of drug-likeness (QED) is 0.511. The smallest absolute Gasteiger partial charge is 0.319 e. The van der Waals surface area contributed by atoms with E-state index in [1.165, 1.54) is 0 Å². The van der Waals surface area contributed by atoms with Crippen LogP contribution in [0.15, 0.2) is 67.0 Å². The Hall–Kier alpha value is -3.65. The molecule has 0 bridgehead atoms. The molecule has 8 nitrogen and oxygen atoms in total. The number of benzene rings is 2. The topological polar surface area (TPSA) is 82.6 Å². The number of hydrogen-bond acceptors (Lipinski definition) is 6. The van der Waals surface area contributed by atoms with E-state index < -0.39 is 0 Å². The van der Waals surface area contributed by atoms with E-state index in [-0.39, 0.29) is 6.03 Å². The minimum atomic E-state index is -0.235. The predicted octanol–water partition coefficient (Wildman–Crippen LogP) is 3.91. The van der Waals surface area contributed by atoms with Crippen LogP contribution in [0.25, 0.3) is 0 Å². The molecule has 0 atom stereocenters. The van der Waals surface area contributed by atoms with Crippen LogP contribution in [0.2, 0.25) is 0 Å². The first-order chi connectivity index (χ1) is 16.2. The Morgan fingerprint density at radius 2 is 1.79 bits per heavy atom. The monoisotopic (exact) mass is 446 g/mol. The summed E-state index contributed by atoms with van der Waals surface area (Å²) in [5, 5.41) is 5.84. The second-order valence-electron chi connectivity index (χ2n) is 8.03. The minimum Gasteiger partial charge on any atom is -0.455 e. The van der Waals surface area contributed by atoms with Crippen molar-refractivity contribution in [3.8, 4) is 11.5 Å². The number of urea groups is 1. The fourth-order valence-corrected chi connectivity index (χ4v) is 3.76. The molecule has 4 rings (SSSR count). The van der Waals surface area contributed by atoms with Gasteiger partial charge < -0.3 is 20.3 Å². The molecule has 0 saturated carbocycles. The summed E-state index contributed by atoms with van der Waals surface area (Å²) in [7, 11) is 0. The van der Waals surface area contributed by atoms with E-state index in [1.807, 2.05) is 61.5 Å². The summed E-state index contributed by atoms with van der Waals surface area (Å²) in [6.07, 6.45) is 4.44. The second-order valence-corrected chi connectivity index (χ2v) is 8.03. The second kappa shape index (κ2) is 11.3. The van der Waals surface area contributed by atoms with E-state index in [1.54, 1.807) is 12.4 Å². The number of rotatable bonds is 8. The molecule has 2 N–H and O–H groups in total. The van der Waals surface area contributed by atoms with Gasteiger partial charge in [0, 0.05) is 45.1 Å². The maximum atomic E-state index is 12.4. The Balaban J connectivity index is 1.18. The van der Waals surface area contributed by atoms with Crippen LogP contribution in [0.1, 0.15) is 12.0 Å². The first kappa shape index (κ1) is 22.5. The molecular weight excluding hydrogens is 416 g/mol. The van der Waals surface area contributed by atoms with Crippen LogP contribution in [-0.2, 0) is 0 Å². The zero-order chi connectivity index (χ0) is 22.9. The number of aryl methyl sites for hydroxylation is 1. The lowest BCUT2D eigenvalue weighted by atomic mass is 10.2. The van der Waals surface area contributed by atoms with Crippen LogP contribution in [0, 0.1) is 6.92 Å². The summed E-state index contributed by atoms with van der Waals surface area (Å²) < 4.78 is 5.97. The fourth-order valence-electron chi connectivity index (χ4n) is 3.76. The molecule has 33 heavy (non-hydrogen) atoms. The SMILES string of the molecule is Cc1cccc(Oc2ccccc2NC(=O)NCCCN2CCN(c3ncccn3)CC2)c1. The summed E-state index contributed by atoms with van der Waals surface area (Å²) in [5.74, 6) is 2.14. The van der Waals surface area contributed by atoms with Crippen molar-refractivity contribution in [1.29, 1.82) is 0 Å². The lowest BCUT2D eigenvalue weighted by Gasteiger charge is -2.34. The maximum Gasteiger partial charge on any atom is 0.319 e. The summed E-state index contributed by atoms with van der Waals surface area (Å²) in [6.45, 7) is 7.32. The zero-order valence-electron chi connectivity index (χ0n) is 18.9. The van der Waals surface area contributed by atoms with Crippen LogP contribution >= 0.6 is 0 Å². The average Bonchev–Trinajstić information content (AvgIpc) is 2.84. The van der Waals surface area contributed by atoms with Gasteiger partial charge in [-0.05, 0) is 55.8 Å². The third kappa shape index (κ3) is 6.66. The molecule has 2 aromatic carbocycles. The summed E-state index contributed by atoms with van der Waals surface area (Å²) in [5.41, 5.74) is 1.75. The van der Waals surface area contributed by atoms with Gasteiger partial charge >= 0.3 is 6.03 Å². The highest BCUT2D eigenvalue weighted by molar-refractivity contribution is 5.90. The number of nitrogens with one attached hydrogen (secondary N) is 2. The van der Waals surface area contributed by atoms with E-state index in [4.69, 9.17) is 4.74 Å². The normalized spacial score (nSPS) is 14.0. The van der Waals surface area contributed by atoms with E-state index in [9.17, 15) is 4.79 Å². The van der Waals surface area contributed by atoms with Gasteiger partial charge in [-0.3, -0.25) is 4.90 Å². The van der Waals surface area contributed by atoms with Gasteiger partial charge in [0.05, 0.1) is 5.69 Å². The van der Waals surface area contributed by atoms with Crippen molar-refractivity contribution in [3.05, 3.63) is 72.6 Å². The molecule has 1 aliphatic heterocycles. The van der Waals surface area contributed by atoms with Gasteiger partial charge in [0.2, 0.25) is 5.95 Å². The van der Waals surface area contributed by atoms with Crippen molar-refractivity contribution < 1.29 is 9.53 Å². The zero-order valence-corrected chi connectivity index (χ0v) is 18.9. The van der Waals surface area contributed by atoms with Crippen LogP contribution < -0.4 is 20.3 Å². The van der Waals surface area contributed by atoms with Gasteiger partial charge in [0.15, 0.2) is 5.75 Å². The number of ether oxygens (including phenoxy) is 1. The molecule has 0 radical (unpaired) electrons. The Labute approximate surface area is 194 Å². The Kier molecular flexibility index (Phi) is 7.71. The summed E-state index contributed by atoms with van der Waals surface area (Å²) in [6, 6.07) is 16.9. The van der Waals surface area contributed by atoms with Crippen LogP contribution in [0.4, 0.5) is 16.4 Å². The van der Waals surface area contributed by atoms with Gasteiger partial charge in [-0.2, -0.15) is 0 Å². The lowest BCUT2D eigenvalue weighted by molar-refractivity contribution is 0.243. The largest absolute Gasteiger partial charge is 0.455 e. The first-order valence-electron chi connectivity index (χ1n) is 11.3. The van der Waals surface area contributed by atoms with Gasteiger partial charge in [0.1, 0.15) is 5.75 Å². The Morgan fingerprint density at radius 1 is 1.00 bits per heavy atom. The number of hydrogen-bond donors (Lipinski definition) is 2. The van der Waals surface area contributed by atoms with Crippen LogP contribution in [0.3, 0.4) is 0 Å². The van der Waals surface area contributed by atoms with Crippen LogP contribution in [-0.4, -0.2) is 60.2 Å². The van der Waals surface area contributed by atoms with Crippen molar-refractivity contribution in [3.63, 3.8) is 0 Å². The number of para-hydroxylation sites is 2. The number of carbonyl (C=O) groups excluding carboxylic acids is 1. The fraction of sp³-hybridized carbons (Fsp3) is 0.320. The first-order valence-corrected chi connectivity index (χ1v) is 11.3. The molecule has 0 spiro atoms. The summed E-state index contributed by atoms with van der Waals surface area (Å²) >= 11 is 0. The molecule has 2 heterocycles. The highest BCUT2D eigenvalue weighted by atomic mass is 16.5. The molecular formula is C25H30N6O2. The van der Waals surface area contributed by atoms with E-state index in [2.05, 4.69) is 30.4 Å². The highest BCUT2D eigenvalue weighted by Gasteiger charge is 2.18. The molecule has 1 saturated heterocycles. The van der Waals surface area contributed by atoms with Crippen molar-refractivity contribution in [2.45, 2.75) is 13.3 Å². The van der Waals surface area contributed by atoms with Gasteiger partial charge in [0.25, 0.3) is 0 Å². The molecule has 1 aromatic heterocycles. The molecule has 3 aromatic rings. The molecule has 2 amide bonds. The van der Waals surface area contributed by atoms with Crippen LogP contribution in [0.5, 0.6) is 11.5 Å². The molecule has 1 fully saturated rings. The number of carbonyl (C=O) groups is 1. The summed E-state index contributed by atoms with van der Waals surface area (Å²) in [4.78, 5) is 25.7. The van der Waals surface area contributed by atoms with Gasteiger partial charge in [-0.15, -0.1) is 0 Å². The predicted molar refractivity (Wildman–Crippen MR) is 130 cm³/mol. The Bertz CT molecular complexity index is 1040. The molecule has 0 aliphatic carbocycles. The minimum absolute atomic E-state index is 0.235. The third-order valence-electron chi connectivity index (χ3n) is 5.50. The van der Waals surface area contributed by atoms with Crippen molar-refractivity contribution in [1.82, 2.24) is 20.2 Å². The van der Waals surface area contributed by atoms with Gasteiger partial charge in [-0.1, -0.05) is 24.3 Å². The highest BCUT2D eigenvalue weighted by Crippen LogP contribution is 2.29. The Morgan fingerprint density at radius 3 is 2.58 bits per heavy atom. The molecule has 8 heteroatoms. The molecule has 172 valence electrons. The number of aromatic nitrogens is 2. The molecule has 0 unspecified atom stereocenters. The lowest BCUT2D eigenvalue weighted by Crippen LogP contribution is -2.47. The maximum absolute atomic E-state index is 12.4. The van der Waals surface area contributed by atoms with E-state index in [0.29, 0.717) is 18.0 Å². The van der Waals surface area contributed by atoms with E-state index in [0.717, 1.165) is 56.4 Å². The van der Waals surface area contributed by atoms with Crippen molar-refractivity contribution in [2.24, 2.45) is 0 Å². The van der Waals surface area contributed by atoms with E-state index >= 15 is 0 Å². The average molecular weight is 447 g/mol. The standard InChI is InChI=1S/C25H30N6O2/c1-20-7-4-8-21(19-20)33-23-10-3-2-9-22(23)29-25(32)28-13-6-14-30-15-17-31(18-16-30)24-26-11-5-12-27-24/h2-5,7-12,19H,6,13-18H2,1H3,(H2,28,29,32). The van der Waals surface area contributed by atoms with Gasteiger partial charge in [-0.25, -0.2) is 14.8 Å². The third-order valence-corrected chi connectivity index (χ3v) is 5.50. The van der Waals surface area contributed by atoms with Crippen molar-refractivity contribution >= 4 is 17.7 Å². The van der Waals surface area contributed by atoms with Crippen molar-refractivity contribution in [2.75, 3.05) is 49.5 Å². The molecule has 1 aliphatic rings.